The number of hydrazine groups is 1. The summed E-state index contributed by atoms with van der Waals surface area (Å²) >= 11 is 0. The van der Waals surface area contributed by atoms with Crippen molar-refractivity contribution in [3.8, 4) is 0 Å². The molecule has 2 atom stereocenters. The molecule has 0 saturated carbocycles. The van der Waals surface area contributed by atoms with Crippen molar-refractivity contribution in [3.63, 3.8) is 0 Å². The number of nitrogens with zero attached hydrogens (tertiary/aromatic N) is 4. The molecule has 2 aromatic rings. The third kappa shape index (κ3) is 2.57. The van der Waals surface area contributed by atoms with Crippen LogP contribution < -0.4 is 11.3 Å². The lowest BCUT2D eigenvalue weighted by Crippen LogP contribution is -2.42. The highest BCUT2D eigenvalue weighted by atomic mass is 15.6. The fraction of sp³-hybridized carbons (Fsp3) is 0.500. The lowest BCUT2D eigenvalue weighted by molar-refractivity contribution is 0.389. The number of tetrazole rings is 1. The van der Waals surface area contributed by atoms with Crippen LogP contribution in [0.5, 0.6) is 0 Å². The Morgan fingerprint density at radius 3 is 3.05 bits per heavy atom. The van der Waals surface area contributed by atoms with Gasteiger partial charge in [-0.1, -0.05) is 24.3 Å². The van der Waals surface area contributed by atoms with Crippen molar-refractivity contribution in [1.82, 2.24) is 25.6 Å². The van der Waals surface area contributed by atoms with Crippen molar-refractivity contribution in [2.24, 2.45) is 12.9 Å². The molecule has 1 aliphatic rings. The highest BCUT2D eigenvalue weighted by molar-refractivity contribution is 5.33. The van der Waals surface area contributed by atoms with Gasteiger partial charge in [0.05, 0.1) is 7.05 Å². The van der Waals surface area contributed by atoms with Crippen LogP contribution in [-0.4, -0.2) is 26.2 Å². The van der Waals surface area contributed by atoms with Gasteiger partial charge in [0.1, 0.15) is 0 Å². The van der Waals surface area contributed by atoms with Gasteiger partial charge in [-0.3, -0.25) is 11.3 Å². The molecule has 0 saturated heterocycles. The summed E-state index contributed by atoms with van der Waals surface area (Å²) in [5, 5.41) is 12.2. The predicted octanol–water partition coefficient (Wildman–Crippen LogP) is 0.705. The van der Waals surface area contributed by atoms with Gasteiger partial charge in [0.2, 0.25) is 0 Å². The molecule has 0 radical (unpaired) electrons. The van der Waals surface area contributed by atoms with E-state index >= 15 is 0 Å². The van der Waals surface area contributed by atoms with E-state index in [0.717, 1.165) is 18.7 Å². The number of aromatic nitrogens is 4. The minimum absolute atomic E-state index is 0.139. The van der Waals surface area contributed by atoms with Crippen molar-refractivity contribution >= 4 is 0 Å². The Balaban J connectivity index is 1.83. The fourth-order valence-electron chi connectivity index (χ4n) is 3.13. The third-order valence-corrected chi connectivity index (χ3v) is 4.07. The van der Waals surface area contributed by atoms with E-state index in [-0.39, 0.29) is 6.04 Å². The lowest BCUT2D eigenvalue weighted by atomic mass is 9.78. The first kappa shape index (κ1) is 13.2. The number of hydrogen-bond donors (Lipinski definition) is 2. The molecule has 0 amide bonds. The van der Waals surface area contributed by atoms with Crippen LogP contribution in [0.4, 0.5) is 0 Å². The lowest BCUT2D eigenvalue weighted by Gasteiger charge is -2.31. The van der Waals surface area contributed by atoms with E-state index in [4.69, 9.17) is 5.84 Å². The molecule has 3 N–H and O–H groups in total. The summed E-state index contributed by atoms with van der Waals surface area (Å²) in [7, 11) is 1.78. The molecule has 2 unspecified atom stereocenters. The number of fused-ring (bicyclic) bond motifs is 1. The summed E-state index contributed by atoms with van der Waals surface area (Å²) in [5.41, 5.74) is 5.80. The van der Waals surface area contributed by atoms with Gasteiger partial charge in [0, 0.05) is 18.4 Å². The number of aryl methyl sites for hydroxylation is 2. The predicted molar refractivity (Wildman–Crippen MR) is 75.7 cm³/mol. The summed E-state index contributed by atoms with van der Waals surface area (Å²) in [4.78, 5) is 1.48. The molecule has 1 heterocycles. The van der Waals surface area contributed by atoms with Crippen molar-refractivity contribution in [3.05, 3.63) is 41.2 Å². The van der Waals surface area contributed by atoms with E-state index in [1.165, 1.54) is 22.3 Å². The highest BCUT2D eigenvalue weighted by Crippen LogP contribution is 2.34. The molecule has 106 valence electrons. The van der Waals surface area contributed by atoms with E-state index in [1.54, 1.807) is 7.05 Å². The van der Waals surface area contributed by atoms with Gasteiger partial charge >= 0.3 is 0 Å². The van der Waals surface area contributed by atoms with Crippen LogP contribution in [0.3, 0.4) is 0 Å². The minimum Gasteiger partial charge on any atom is -0.271 e. The Bertz CT molecular complexity index is 579. The molecule has 0 aliphatic heterocycles. The molecule has 6 heteroatoms. The van der Waals surface area contributed by atoms with Crippen LogP contribution in [0.15, 0.2) is 24.3 Å². The standard InChI is InChI=1S/C14H20N6/c1-20-18-14(17-19-20)9-13(16-15)12-8-4-6-10-5-2-3-7-11(10)12/h2-3,5,7,12-13,16H,4,6,8-9,15H2,1H3. The zero-order valence-electron chi connectivity index (χ0n) is 11.7. The van der Waals surface area contributed by atoms with E-state index in [1.807, 2.05) is 0 Å². The topological polar surface area (TPSA) is 81.7 Å². The van der Waals surface area contributed by atoms with Gasteiger partial charge < -0.3 is 0 Å². The maximum absolute atomic E-state index is 5.78. The first-order valence-electron chi connectivity index (χ1n) is 7.04. The van der Waals surface area contributed by atoms with Crippen molar-refractivity contribution in [1.29, 1.82) is 0 Å². The quantitative estimate of drug-likeness (QED) is 0.632. The van der Waals surface area contributed by atoms with Gasteiger partial charge in [0.15, 0.2) is 5.82 Å². The normalized spacial score (nSPS) is 19.6. The molecule has 6 nitrogen and oxygen atoms in total. The molecule has 20 heavy (non-hydrogen) atoms. The van der Waals surface area contributed by atoms with E-state index < -0.39 is 0 Å². The van der Waals surface area contributed by atoms with Crippen molar-refractivity contribution < 1.29 is 0 Å². The molecule has 0 spiro atoms. The average molecular weight is 272 g/mol. The largest absolute Gasteiger partial charge is 0.271 e. The minimum atomic E-state index is 0.139. The summed E-state index contributed by atoms with van der Waals surface area (Å²) in [5.74, 6) is 6.93. The van der Waals surface area contributed by atoms with Crippen LogP contribution in [0.2, 0.25) is 0 Å². The van der Waals surface area contributed by atoms with Crippen molar-refractivity contribution in [2.45, 2.75) is 37.6 Å². The fourth-order valence-corrected chi connectivity index (χ4v) is 3.13. The van der Waals surface area contributed by atoms with Crippen LogP contribution in [-0.2, 0) is 19.9 Å². The second kappa shape index (κ2) is 5.68. The second-order valence-electron chi connectivity index (χ2n) is 5.37. The molecular weight excluding hydrogens is 252 g/mol. The summed E-state index contributed by atoms with van der Waals surface area (Å²) < 4.78 is 0. The molecule has 1 aromatic carbocycles. The zero-order valence-corrected chi connectivity index (χ0v) is 11.7. The van der Waals surface area contributed by atoms with Crippen LogP contribution in [0.25, 0.3) is 0 Å². The highest BCUT2D eigenvalue weighted by Gasteiger charge is 2.28. The number of nitrogens with one attached hydrogen (secondary N) is 1. The van der Waals surface area contributed by atoms with E-state index in [0.29, 0.717) is 12.3 Å². The average Bonchev–Trinajstić information content (AvgIpc) is 2.89. The van der Waals surface area contributed by atoms with E-state index in [2.05, 4.69) is 45.1 Å². The molecule has 1 aromatic heterocycles. The Hall–Kier alpha value is -1.79. The first-order chi connectivity index (χ1) is 9.78. The van der Waals surface area contributed by atoms with Gasteiger partial charge in [-0.05, 0) is 35.6 Å². The molecule has 0 fully saturated rings. The first-order valence-corrected chi connectivity index (χ1v) is 7.04. The Kier molecular flexibility index (Phi) is 3.75. The molecule has 1 aliphatic carbocycles. The summed E-state index contributed by atoms with van der Waals surface area (Å²) in [6.45, 7) is 0. The van der Waals surface area contributed by atoms with Crippen molar-refractivity contribution in [2.75, 3.05) is 0 Å². The monoisotopic (exact) mass is 272 g/mol. The maximum Gasteiger partial charge on any atom is 0.176 e. The zero-order chi connectivity index (χ0) is 13.9. The summed E-state index contributed by atoms with van der Waals surface area (Å²) in [6.07, 6.45) is 4.20. The smallest absolute Gasteiger partial charge is 0.176 e. The number of benzene rings is 1. The number of nitrogens with two attached hydrogens (primary N) is 1. The van der Waals surface area contributed by atoms with E-state index in [9.17, 15) is 0 Å². The van der Waals surface area contributed by atoms with Gasteiger partial charge in [-0.2, -0.15) is 4.80 Å². The molecule has 3 rings (SSSR count). The number of hydrogen-bond acceptors (Lipinski definition) is 5. The Labute approximate surface area is 118 Å². The summed E-state index contributed by atoms with van der Waals surface area (Å²) in [6, 6.07) is 8.78. The maximum atomic E-state index is 5.78. The molecule has 0 bridgehead atoms. The van der Waals surface area contributed by atoms with Gasteiger partial charge in [0.25, 0.3) is 0 Å². The second-order valence-corrected chi connectivity index (χ2v) is 5.37. The number of rotatable bonds is 4. The SMILES string of the molecule is Cn1nnc(CC(NN)C2CCCc3ccccc32)n1. The van der Waals surface area contributed by atoms with Crippen LogP contribution in [0.1, 0.15) is 35.7 Å². The van der Waals surface area contributed by atoms with Crippen LogP contribution >= 0.6 is 0 Å². The Morgan fingerprint density at radius 2 is 2.30 bits per heavy atom. The molecular formula is C14H20N6. The third-order valence-electron chi connectivity index (χ3n) is 4.07. The van der Waals surface area contributed by atoms with Crippen LogP contribution in [0, 0.1) is 0 Å². The van der Waals surface area contributed by atoms with Gasteiger partial charge in [-0.25, -0.2) is 0 Å². The Morgan fingerprint density at radius 1 is 1.45 bits per heavy atom. The van der Waals surface area contributed by atoms with Gasteiger partial charge in [-0.15, -0.1) is 10.2 Å².